The van der Waals surface area contributed by atoms with Gasteiger partial charge < -0.3 is 20.9 Å². The highest BCUT2D eigenvalue weighted by molar-refractivity contribution is 6.34. The fourth-order valence-electron chi connectivity index (χ4n) is 2.40. The number of oxime groups is 1. The Hall–Kier alpha value is -1.46. The van der Waals surface area contributed by atoms with Crippen LogP contribution in [0.25, 0.3) is 0 Å². The van der Waals surface area contributed by atoms with Gasteiger partial charge in [0.2, 0.25) is 0 Å². The summed E-state index contributed by atoms with van der Waals surface area (Å²) in [5.74, 6) is -0.0146. The molecule has 0 amide bonds. The van der Waals surface area contributed by atoms with E-state index in [4.69, 9.17) is 22.5 Å². The summed E-state index contributed by atoms with van der Waals surface area (Å²) in [6.45, 7) is 0.916. The van der Waals surface area contributed by atoms with Crippen molar-refractivity contribution in [2.75, 3.05) is 18.1 Å². The highest BCUT2D eigenvalue weighted by Gasteiger charge is 2.27. The minimum absolute atomic E-state index is 0.0146. The second-order valence-electron chi connectivity index (χ2n) is 4.29. The van der Waals surface area contributed by atoms with Crippen LogP contribution in [-0.2, 0) is 0 Å². The first-order chi connectivity index (χ1) is 8.69. The first kappa shape index (κ1) is 13.0. The lowest BCUT2D eigenvalue weighted by atomic mass is 10.1. The zero-order valence-electron chi connectivity index (χ0n) is 9.88. The summed E-state index contributed by atoms with van der Waals surface area (Å²) < 4.78 is 0. The van der Waals surface area contributed by atoms with Gasteiger partial charge in [-0.3, -0.25) is 0 Å². The molecule has 1 aliphatic rings. The van der Waals surface area contributed by atoms with Crippen LogP contribution in [0.5, 0.6) is 0 Å². The number of nitrogens with two attached hydrogens (primary N) is 1. The second-order valence-corrected chi connectivity index (χ2v) is 4.70. The van der Waals surface area contributed by atoms with E-state index in [2.05, 4.69) is 10.1 Å². The maximum Gasteiger partial charge on any atom is 0.173 e. The number of amidine groups is 1. The third-order valence-electron chi connectivity index (χ3n) is 3.25. The molecule has 1 aromatic carbocycles. The minimum atomic E-state index is -0.0146. The number of rotatable bonds is 3. The number of hydrogen-bond donors (Lipinski definition) is 3. The van der Waals surface area contributed by atoms with Crippen molar-refractivity contribution < 1.29 is 10.3 Å². The van der Waals surface area contributed by atoms with Gasteiger partial charge in [-0.05, 0) is 25.0 Å². The van der Waals surface area contributed by atoms with Crippen molar-refractivity contribution in [1.82, 2.24) is 0 Å². The predicted octanol–water partition coefficient (Wildman–Crippen LogP) is 1.40. The normalized spacial score (nSPS) is 20.4. The van der Waals surface area contributed by atoms with Gasteiger partial charge in [-0.15, -0.1) is 0 Å². The molecule has 18 heavy (non-hydrogen) atoms. The van der Waals surface area contributed by atoms with E-state index < -0.39 is 0 Å². The largest absolute Gasteiger partial charge is 0.409 e. The maximum absolute atomic E-state index is 9.37. The maximum atomic E-state index is 9.37. The van der Waals surface area contributed by atoms with Gasteiger partial charge in [0, 0.05) is 12.2 Å². The summed E-state index contributed by atoms with van der Waals surface area (Å²) in [6, 6.07) is 5.45. The summed E-state index contributed by atoms with van der Waals surface area (Å²) in [6.07, 6.45) is 1.94. The van der Waals surface area contributed by atoms with E-state index in [0.29, 0.717) is 10.6 Å². The average molecular weight is 270 g/mol. The third kappa shape index (κ3) is 2.23. The Bertz CT molecular complexity index is 465. The van der Waals surface area contributed by atoms with Gasteiger partial charge in [0.05, 0.1) is 23.2 Å². The van der Waals surface area contributed by atoms with Crippen LogP contribution in [0.1, 0.15) is 18.4 Å². The van der Waals surface area contributed by atoms with E-state index in [1.165, 1.54) is 0 Å². The lowest BCUT2D eigenvalue weighted by Gasteiger charge is -2.27. The molecule has 4 N–H and O–H groups in total. The van der Waals surface area contributed by atoms with Crippen molar-refractivity contribution in [2.24, 2.45) is 10.9 Å². The highest BCUT2D eigenvalue weighted by atomic mass is 35.5. The Morgan fingerprint density at radius 3 is 3.00 bits per heavy atom. The molecule has 1 fully saturated rings. The van der Waals surface area contributed by atoms with Gasteiger partial charge in [0.25, 0.3) is 0 Å². The van der Waals surface area contributed by atoms with Gasteiger partial charge in [-0.1, -0.05) is 22.8 Å². The van der Waals surface area contributed by atoms with Gasteiger partial charge in [0.1, 0.15) is 0 Å². The van der Waals surface area contributed by atoms with Gasteiger partial charge in [-0.2, -0.15) is 0 Å². The number of aliphatic hydroxyl groups is 1. The smallest absolute Gasteiger partial charge is 0.173 e. The van der Waals surface area contributed by atoms with Gasteiger partial charge >= 0.3 is 0 Å². The molecular weight excluding hydrogens is 254 g/mol. The first-order valence-corrected chi connectivity index (χ1v) is 6.20. The standard InChI is InChI=1S/C12H16ClN3O2/c13-9-4-1-5-10(11(9)12(14)15-18)16-6-2-3-8(16)7-17/h1,4-5,8,17-18H,2-3,6-7H2,(H2,14,15). The molecule has 0 bridgehead atoms. The molecule has 1 aliphatic heterocycles. The van der Waals surface area contributed by atoms with E-state index in [9.17, 15) is 5.11 Å². The number of benzene rings is 1. The van der Waals surface area contributed by atoms with Crippen molar-refractivity contribution in [3.63, 3.8) is 0 Å². The molecule has 0 aromatic heterocycles. The summed E-state index contributed by atoms with van der Waals surface area (Å²) in [5, 5.41) is 21.7. The summed E-state index contributed by atoms with van der Waals surface area (Å²) in [4.78, 5) is 2.05. The van der Waals surface area contributed by atoms with Crippen molar-refractivity contribution >= 4 is 23.1 Å². The Kier molecular flexibility index (Phi) is 3.93. The van der Waals surface area contributed by atoms with Crippen molar-refractivity contribution in [3.05, 3.63) is 28.8 Å². The molecule has 1 aromatic rings. The zero-order valence-corrected chi connectivity index (χ0v) is 10.6. The first-order valence-electron chi connectivity index (χ1n) is 5.83. The van der Waals surface area contributed by atoms with Gasteiger partial charge in [0.15, 0.2) is 5.84 Å². The van der Waals surface area contributed by atoms with Crippen molar-refractivity contribution in [1.29, 1.82) is 0 Å². The molecule has 98 valence electrons. The molecule has 6 heteroatoms. The monoisotopic (exact) mass is 269 g/mol. The Balaban J connectivity index is 2.47. The minimum Gasteiger partial charge on any atom is -0.409 e. The fourth-order valence-corrected chi connectivity index (χ4v) is 2.66. The summed E-state index contributed by atoms with van der Waals surface area (Å²) >= 11 is 6.11. The quantitative estimate of drug-likeness (QED) is 0.335. The molecule has 0 radical (unpaired) electrons. The van der Waals surface area contributed by atoms with Crippen LogP contribution in [0.4, 0.5) is 5.69 Å². The molecule has 1 heterocycles. The SMILES string of the molecule is N/C(=N\O)c1c(Cl)cccc1N1CCCC1CO. The van der Waals surface area contributed by atoms with Crippen LogP contribution in [0.15, 0.2) is 23.4 Å². The van der Waals surface area contributed by atoms with Crippen LogP contribution in [0, 0.1) is 0 Å². The lowest BCUT2D eigenvalue weighted by Crippen LogP contribution is -2.34. The second kappa shape index (κ2) is 5.46. The molecule has 2 rings (SSSR count). The van der Waals surface area contributed by atoms with Crippen molar-refractivity contribution in [2.45, 2.75) is 18.9 Å². The third-order valence-corrected chi connectivity index (χ3v) is 3.57. The van der Waals surface area contributed by atoms with E-state index in [0.717, 1.165) is 25.1 Å². The van der Waals surface area contributed by atoms with E-state index in [1.54, 1.807) is 6.07 Å². The molecule has 5 nitrogen and oxygen atoms in total. The van der Waals surface area contributed by atoms with Crippen LogP contribution < -0.4 is 10.6 Å². The number of aliphatic hydroxyl groups excluding tert-OH is 1. The Labute approximate surface area is 110 Å². The fraction of sp³-hybridized carbons (Fsp3) is 0.417. The zero-order chi connectivity index (χ0) is 13.1. The molecule has 1 atom stereocenters. The summed E-state index contributed by atoms with van der Waals surface area (Å²) in [5.41, 5.74) is 6.99. The van der Waals surface area contributed by atoms with Crippen molar-refractivity contribution in [3.8, 4) is 0 Å². The van der Waals surface area contributed by atoms with E-state index in [-0.39, 0.29) is 18.5 Å². The van der Waals surface area contributed by atoms with E-state index >= 15 is 0 Å². The van der Waals surface area contributed by atoms with Crippen LogP contribution in [0.2, 0.25) is 5.02 Å². The van der Waals surface area contributed by atoms with Gasteiger partial charge in [-0.25, -0.2) is 0 Å². The molecule has 1 unspecified atom stereocenters. The molecule has 0 aliphatic carbocycles. The molecule has 0 spiro atoms. The van der Waals surface area contributed by atoms with Crippen LogP contribution in [-0.4, -0.2) is 35.3 Å². The number of anilines is 1. The molecule has 1 saturated heterocycles. The number of halogens is 1. The number of hydrogen-bond acceptors (Lipinski definition) is 4. The average Bonchev–Trinajstić information content (AvgIpc) is 2.85. The lowest BCUT2D eigenvalue weighted by molar-refractivity contribution is 0.266. The summed E-state index contributed by atoms with van der Waals surface area (Å²) in [7, 11) is 0. The Morgan fingerprint density at radius 2 is 2.33 bits per heavy atom. The van der Waals surface area contributed by atoms with Crippen LogP contribution in [0.3, 0.4) is 0 Å². The highest BCUT2D eigenvalue weighted by Crippen LogP contribution is 2.32. The molecule has 0 saturated carbocycles. The predicted molar refractivity (Wildman–Crippen MR) is 71.4 cm³/mol. The number of nitrogens with zero attached hydrogens (tertiary/aromatic N) is 2. The van der Waals surface area contributed by atoms with E-state index in [1.807, 2.05) is 12.1 Å². The Morgan fingerprint density at radius 1 is 1.56 bits per heavy atom. The van der Waals surface area contributed by atoms with Crippen LogP contribution >= 0.6 is 11.6 Å². The molecular formula is C12H16ClN3O2. The topological polar surface area (TPSA) is 82.1 Å².